The summed E-state index contributed by atoms with van der Waals surface area (Å²) in [6.45, 7) is 4.08. The molecule has 9 nitrogen and oxygen atoms in total. The molecule has 0 radical (unpaired) electrons. The number of carbonyl (C=O) groups excluding carboxylic acids is 5. The Bertz CT molecular complexity index is 805. The molecule has 0 aromatic heterocycles. The molecular formula is C23H32N2O7. The Morgan fingerprint density at radius 1 is 0.844 bits per heavy atom. The third-order valence-electron chi connectivity index (χ3n) is 4.58. The largest absolute Gasteiger partial charge is 0.466 e. The average Bonchev–Trinajstić information content (AvgIpc) is 2.71. The smallest absolute Gasteiger partial charge is 0.302 e. The van der Waals surface area contributed by atoms with Crippen LogP contribution in [-0.2, 0) is 39.9 Å². The van der Waals surface area contributed by atoms with Gasteiger partial charge in [0.15, 0.2) is 0 Å². The monoisotopic (exact) mass is 448 g/mol. The van der Waals surface area contributed by atoms with Gasteiger partial charge in [-0.15, -0.1) is 0 Å². The number of carbonyl (C=O) groups is 5. The van der Waals surface area contributed by atoms with Gasteiger partial charge in [0.2, 0.25) is 11.8 Å². The van der Waals surface area contributed by atoms with Crippen molar-refractivity contribution in [2.45, 2.75) is 39.5 Å². The predicted molar refractivity (Wildman–Crippen MR) is 118 cm³/mol. The molecule has 0 saturated heterocycles. The van der Waals surface area contributed by atoms with Crippen molar-refractivity contribution in [1.29, 1.82) is 0 Å². The van der Waals surface area contributed by atoms with Gasteiger partial charge in [0, 0.05) is 52.7 Å². The van der Waals surface area contributed by atoms with E-state index in [-0.39, 0.29) is 48.6 Å². The van der Waals surface area contributed by atoms with Crippen molar-refractivity contribution in [3.8, 4) is 0 Å². The number of ketones is 2. The lowest BCUT2D eigenvalue weighted by atomic mass is 10.1. The van der Waals surface area contributed by atoms with Crippen LogP contribution in [0.4, 0.5) is 5.69 Å². The van der Waals surface area contributed by atoms with Crippen molar-refractivity contribution in [1.82, 2.24) is 4.90 Å². The second-order valence-electron chi connectivity index (χ2n) is 7.51. The fourth-order valence-corrected chi connectivity index (χ4v) is 2.74. The summed E-state index contributed by atoms with van der Waals surface area (Å²) in [4.78, 5) is 61.0. The summed E-state index contributed by atoms with van der Waals surface area (Å²) >= 11 is 0. The van der Waals surface area contributed by atoms with Gasteiger partial charge >= 0.3 is 5.97 Å². The molecule has 0 fully saturated rings. The highest BCUT2D eigenvalue weighted by molar-refractivity contribution is 6.04. The van der Waals surface area contributed by atoms with E-state index in [0.717, 1.165) is 5.56 Å². The molecule has 0 aliphatic heterocycles. The lowest BCUT2D eigenvalue weighted by Gasteiger charge is -2.21. The Kier molecular flexibility index (Phi) is 11.9. The minimum atomic E-state index is -0.357. The van der Waals surface area contributed by atoms with Gasteiger partial charge in [-0.05, 0) is 24.6 Å². The maximum absolute atomic E-state index is 12.5. The predicted octanol–water partition coefficient (Wildman–Crippen LogP) is 1.56. The van der Waals surface area contributed by atoms with Gasteiger partial charge in [0.05, 0.1) is 19.6 Å². The Morgan fingerprint density at radius 2 is 1.50 bits per heavy atom. The molecule has 9 heteroatoms. The van der Waals surface area contributed by atoms with Crippen LogP contribution in [0.25, 0.3) is 0 Å². The van der Waals surface area contributed by atoms with E-state index in [1.807, 2.05) is 0 Å². The zero-order chi connectivity index (χ0) is 24.1. The quantitative estimate of drug-likeness (QED) is 0.241. The van der Waals surface area contributed by atoms with Gasteiger partial charge in [-0.2, -0.15) is 0 Å². The van der Waals surface area contributed by atoms with Crippen molar-refractivity contribution in [2.24, 2.45) is 0 Å². The molecule has 0 N–H and O–H groups in total. The topological polar surface area (TPSA) is 110 Å². The first-order valence-corrected chi connectivity index (χ1v) is 10.4. The number of likely N-dealkylation sites (N-methyl/N-ethyl adjacent to an activating group) is 1. The van der Waals surface area contributed by atoms with Gasteiger partial charge in [-0.3, -0.25) is 24.0 Å². The molecule has 0 saturated carbocycles. The molecule has 0 aliphatic rings. The molecular weight excluding hydrogens is 416 g/mol. The summed E-state index contributed by atoms with van der Waals surface area (Å²) in [7, 11) is 3.18. The molecule has 0 heterocycles. The zero-order valence-electron chi connectivity index (χ0n) is 19.2. The third-order valence-corrected chi connectivity index (χ3v) is 4.58. The van der Waals surface area contributed by atoms with E-state index >= 15 is 0 Å². The second-order valence-corrected chi connectivity index (χ2v) is 7.51. The van der Waals surface area contributed by atoms with Crippen LogP contribution in [0.15, 0.2) is 24.3 Å². The van der Waals surface area contributed by atoms with Gasteiger partial charge in [0.25, 0.3) is 0 Å². The van der Waals surface area contributed by atoms with Crippen LogP contribution in [0, 0.1) is 0 Å². The molecule has 0 aliphatic carbocycles. The number of anilines is 1. The number of Topliss-reactive ketones (excluding diaryl/α,β-unsaturated/α-hetero) is 2. The molecule has 176 valence electrons. The van der Waals surface area contributed by atoms with Crippen LogP contribution in [0.1, 0.15) is 38.7 Å². The van der Waals surface area contributed by atoms with E-state index in [0.29, 0.717) is 38.5 Å². The van der Waals surface area contributed by atoms with Crippen molar-refractivity contribution in [2.75, 3.05) is 45.4 Å². The van der Waals surface area contributed by atoms with Crippen LogP contribution in [0.5, 0.6) is 0 Å². The molecule has 0 unspecified atom stereocenters. The third kappa shape index (κ3) is 10.8. The van der Waals surface area contributed by atoms with Crippen molar-refractivity contribution >= 4 is 35.0 Å². The molecule has 1 aromatic carbocycles. The fraction of sp³-hybridized carbons (Fsp3) is 0.522. The maximum atomic E-state index is 12.5. The number of nitrogens with zero attached hydrogens (tertiary/aromatic N) is 2. The summed E-state index contributed by atoms with van der Waals surface area (Å²) < 4.78 is 10.2. The molecule has 1 aromatic rings. The highest BCUT2D eigenvalue weighted by Gasteiger charge is 2.18. The summed E-state index contributed by atoms with van der Waals surface area (Å²) in [6, 6.07) is 6.85. The van der Waals surface area contributed by atoms with Crippen LogP contribution in [0.2, 0.25) is 0 Å². The zero-order valence-corrected chi connectivity index (χ0v) is 19.2. The van der Waals surface area contributed by atoms with E-state index in [2.05, 4.69) is 0 Å². The first-order valence-electron chi connectivity index (χ1n) is 10.4. The Labute approximate surface area is 188 Å². The maximum Gasteiger partial charge on any atom is 0.302 e. The van der Waals surface area contributed by atoms with Crippen LogP contribution in [0.3, 0.4) is 0 Å². The summed E-state index contributed by atoms with van der Waals surface area (Å²) in [5.41, 5.74) is 1.36. The van der Waals surface area contributed by atoms with Gasteiger partial charge in [-0.1, -0.05) is 12.1 Å². The van der Waals surface area contributed by atoms with Crippen molar-refractivity contribution < 1.29 is 33.4 Å². The van der Waals surface area contributed by atoms with Gasteiger partial charge < -0.3 is 19.3 Å². The molecule has 1 rings (SSSR count). The van der Waals surface area contributed by atoms with Crippen molar-refractivity contribution in [3.63, 3.8) is 0 Å². The van der Waals surface area contributed by atoms with Gasteiger partial charge in [-0.25, -0.2) is 0 Å². The number of amides is 2. The number of esters is 1. The lowest BCUT2D eigenvalue weighted by Crippen LogP contribution is -2.36. The fourth-order valence-electron chi connectivity index (χ4n) is 2.74. The second kappa shape index (κ2) is 14.1. The van der Waals surface area contributed by atoms with E-state index in [4.69, 9.17) is 9.47 Å². The Balaban J connectivity index is 2.40. The van der Waals surface area contributed by atoms with E-state index in [1.165, 1.54) is 23.6 Å². The normalized spacial score (nSPS) is 10.4. The van der Waals surface area contributed by atoms with E-state index < -0.39 is 0 Å². The minimum Gasteiger partial charge on any atom is -0.466 e. The number of ether oxygens (including phenoxy) is 2. The highest BCUT2D eigenvalue weighted by atomic mass is 16.5. The summed E-state index contributed by atoms with van der Waals surface area (Å²) in [5.74, 6) is -1.34. The molecule has 0 bridgehead atoms. The van der Waals surface area contributed by atoms with Crippen molar-refractivity contribution in [3.05, 3.63) is 29.8 Å². The molecule has 32 heavy (non-hydrogen) atoms. The number of hydrogen-bond acceptors (Lipinski definition) is 7. The van der Waals surface area contributed by atoms with Crippen LogP contribution >= 0.6 is 0 Å². The number of hydrogen-bond donors (Lipinski definition) is 0. The average molecular weight is 449 g/mol. The number of benzene rings is 1. The van der Waals surface area contributed by atoms with Crippen LogP contribution in [-0.4, -0.2) is 74.7 Å². The highest BCUT2D eigenvalue weighted by Crippen LogP contribution is 2.16. The van der Waals surface area contributed by atoms with Crippen LogP contribution < -0.4 is 4.90 Å². The first-order chi connectivity index (χ1) is 15.1. The van der Waals surface area contributed by atoms with E-state index in [1.54, 1.807) is 38.4 Å². The molecule has 2 amide bonds. The standard InChI is InChI=1S/C23H32N2O7/c1-17(26)14-21(28)15-19-6-8-20(9-7-19)25(4)23(30)16-22(29)24(3)10-13-31-11-5-12-32-18(2)27/h6-9H,5,10-16H2,1-4H3. The Morgan fingerprint density at radius 3 is 2.09 bits per heavy atom. The number of rotatable bonds is 14. The lowest BCUT2D eigenvalue weighted by molar-refractivity contribution is -0.141. The SMILES string of the molecule is CC(=O)CC(=O)Cc1ccc(N(C)C(=O)CC(=O)N(C)CCOCCCOC(C)=O)cc1. The Hall–Kier alpha value is -3.07. The minimum absolute atomic E-state index is 0.0882. The first kappa shape index (κ1) is 27.0. The molecule has 0 atom stereocenters. The van der Waals surface area contributed by atoms with E-state index in [9.17, 15) is 24.0 Å². The summed E-state index contributed by atoms with van der Waals surface area (Å²) in [5, 5.41) is 0. The summed E-state index contributed by atoms with van der Waals surface area (Å²) in [6.07, 6.45) is 0.365. The molecule has 0 spiro atoms. The van der Waals surface area contributed by atoms with Gasteiger partial charge in [0.1, 0.15) is 18.0 Å².